The van der Waals surface area contributed by atoms with Crippen LogP contribution in [0.2, 0.25) is 0 Å². The summed E-state index contributed by atoms with van der Waals surface area (Å²) < 4.78 is 60.9. The molecule has 0 spiro atoms. The molecule has 0 radical (unpaired) electrons. The van der Waals surface area contributed by atoms with E-state index in [9.17, 15) is 22.4 Å². The molecule has 2 aliphatic heterocycles. The van der Waals surface area contributed by atoms with Gasteiger partial charge in [0.05, 0.1) is 22.9 Å². The van der Waals surface area contributed by atoms with E-state index >= 15 is 0 Å². The van der Waals surface area contributed by atoms with Gasteiger partial charge in [-0.25, -0.2) is 4.39 Å². The van der Waals surface area contributed by atoms with Gasteiger partial charge >= 0.3 is 6.18 Å². The van der Waals surface area contributed by atoms with E-state index in [1.165, 1.54) is 45.7 Å². The van der Waals surface area contributed by atoms with E-state index in [2.05, 4.69) is 16.3 Å². The molecule has 2 aliphatic rings. The SMILES string of the molecule is O=C(c1ccccc1C(F)(F)F)N1c2cc(F)ccc2OCC1CCN1CCc2ccsc2C1. The number of fused-ring (bicyclic) bond motifs is 2. The molecule has 34 heavy (non-hydrogen) atoms. The number of hydrogen-bond donors (Lipinski definition) is 0. The standard InChI is InChI=1S/C25H22F4N2O2S/c26-17-5-6-22-21(13-17)31(24(32)19-3-1-2-4-20(19)25(27,28)29)18(15-33-22)8-11-30-10-7-16-9-12-34-23(16)14-30/h1-6,9,12-13,18H,7-8,10-11,14-15H2. The van der Waals surface area contributed by atoms with Crippen LogP contribution in [-0.4, -0.2) is 36.5 Å². The molecule has 0 bridgehead atoms. The van der Waals surface area contributed by atoms with Crippen molar-refractivity contribution in [1.82, 2.24) is 4.90 Å². The molecule has 0 aliphatic carbocycles. The maximum Gasteiger partial charge on any atom is 0.417 e. The minimum Gasteiger partial charge on any atom is -0.489 e. The fraction of sp³-hybridized carbons (Fsp3) is 0.320. The van der Waals surface area contributed by atoms with E-state index in [1.807, 2.05) is 0 Å². The number of amides is 1. The third-order valence-electron chi connectivity index (χ3n) is 6.34. The van der Waals surface area contributed by atoms with Gasteiger partial charge in [0.15, 0.2) is 0 Å². The highest BCUT2D eigenvalue weighted by Gasteiger charge is 2.39. The summed E-state index contributed by atoms with van der Waals surface area (Å²) in [5.41, 5.74) is 0.0346. The molecule has 1 amide bonds. The number of benzene rings is 2. The molecule has 178 valence electrons. The van der Waals surface area contributed by atoms with Crippen LogP contribution in [0.15, 0.2) is 53.9 Å². The van der Waals surface area contributed by atoms with Gasteiger partial charge in [0.25, 0.3) is 5.91 Å². The van der Waals surface area contributed by atoms with Crippen LogP contribution in [0, 0.1) is 5.82 Å². The number of carbonyl (C=O) groups excluding carboxylic acids is 1. The number of halogens is 4. The molecule has 2 aromatic carbocycles. The minimum absolute atomic E-state index is 0.122. The molecular weight excluding hydrogens is 468 g/mol. The molecule has 5 rings (SSSR count). The second kappa shape index (κ2) is 9.03. The van der Waals surface area contributed by atoms with Crippen molar-refractivity contribution in [3.63, 3.8) is 0 Å². The van der Waals surface area contributed by atoms with Gasteiger partial charge in [0.1, 0.15) is 18.2 Å². The Morgan fingerprint density at radius 3 is 2.79 bits per heavy atom. The fourth-order valence-corrected chi connectivity index (χ4v) is 5.58. The van der Waals surface area contributed by atoms with Gasteiger partial charge in [-0.15, -0.1) is 11.3 Å². The zero-order valence-corrected chi connectivity index (χ0v) is 19.0. The summed E-state index contributed by atoms with van der Waals surface area (Å²) in [5.74, 6) is -1.13. The molecular formula is C25H22F4N2O2S. The Bertz CT molecular complexity index is 1210. The van der Waals surface area contributed by atoms with Crippen molar-refractivity contribution in [2.24, 2.45) is 0 Å². The van der Waals surface area contributed by atoms with Gasteiger partial charge in [-0.3, -0.25) is 14.6 Å². The van der Waals surface area contributed by atoms with E-state index in [4.69, 9.17) is 4.74 Å². The normalized spacial score (nSPS) is 18.2. The molecule has 1 aromatic heterocycles. The van der Waals surface area contributed by atoms with Crippen LogP contribution in [0.1, 0.15) is 32.8 Å². The Morgan fingerprint density at radius 1 is 1.15 bits per heavy atom. The number of nitrogens with zero attached hydrogens (tertiary/aromatic N) is 2. The van der Waals surface area contributed by atoms with Crippen LogP contribution < -0.4 is 9.64 Å². The molecule has 0 N–H and O–H groups in total. The summed E-state index contributed by atoms with van der Waals surface area (Å²) in [5, 5.41) is 2.08. The summed E-state index contributed by atoms with van der Waals surface area (Å²) >= 11 is 1.71. The Labute approximate surface area is 198 Å². The van der Waals surface area contributed by atoms with E-state index in [1.54, 1.807) is 11.3 Å². The van der Waals surface area contributed by atoms with Crippen LogP contribution >= 0.6 is 11.3 Å². The molecule has 0 saturated heterocycles. The number of thiophene rings is 1. The predicted octanol–water partition coefficient (Wildman–Crippen LogP) is 5.76. The minimum atomic E-state index is -4.69. The molecule has 9 heteroatoms. The van der Waals surface area contributed by atoms with Crippen molar-refractivity contribution in [2.75, 3.05) is 24.6 Å². The average Bonchev–Trinajstić information content (AvgIpc) is 3.29. The number of carbonyl (C=O) groups is 1. The second-order valence-electron chi connectivity index (χ2n) is 8.48. The molecule has 3 heterocycles. The highest BCUT2D eigenvalue weighted by Crippen LogP contribution is 2.39. The quantitative estimate of drug-likeness (QED) is 0.436. The largest absolute Gasteiger partial charge is 0.489 e. The molecule has 0 fully saturated rings. The zero-order chi connectivity index (χ0) is 23.9. The first-order valence-corrected chi connectivity index (χ1v) is 11.9. The van der Waals surface area contributed by atoms with Gasteiger partial charge < -0.3 is 4.74 Å². The number of anilines is 1. The fourth-order valence-electron chi connectivity index (χ4n) is 4.60. The predicted molar refractivity (Wildman–Crippen MR) is 122 cm³/mol. The van der Waals surface area contributed by atoms with Gasteiger partial charge in [0, 0.05) is 30.6 Å². The molecule has 1 atom stereocenters. The first-order chi connectivity index (χ1) is 16.3. The van der Waals surface area contributed by atoms with Crippen molar-refractivity contribution in [2.45, 2.75) is 31.6 Å². The van der Waals surface area contributed by atoms with Crippen molar-refractivity contribution in [1.29, 1.82) is 0 Å². The maximum atomic E-state index is 14.1. The summed E-state index contributed by atoms with van der Waals surface area (Å²) in [6.07, 6.45) is -3.27. The summed E-state index contributed by atoms with van der Waals surface area (Å²) in [4.78, 5) is 18.4. The first kappa shape index (κ1) is 22.9. The lowest BCUT2D eigenvalue weighted by atomic mass is 10.0. The van der Waals surface area contributed by atoms with E-state index in [-0.39, 0.29) is 18.0 Å². The van der Waals surface area contributed by atoms with Crippen LogP contribution in [0.25, 0.3) is 0 Å². The van der Waals surface area contributed by atoms with Crippen molar-refractivity contribution < 1.29 is 27.1 Å². The third kappa shape index (κ3) is 4.42. The molecule has 4 nitrogen and oxygen atoms in total. The topological polar surface area (TPSA) is 32.8 Å². The van der Waals surface area contributed by atoms with Crippen LogP contribution in [0.5, 0.6) is 5.75 Å². The van der Waals surface area contributed by atoms with Crippen LogP contribution in [-0.2, 0) is 19.1 Å². The zero-order valence-electron chi connectivity index (χ0n) is 18.1. The number of rotatable bonds is 4. The molecule has 0 saturated carbocycles. The van der Waals surface area contributed by atoms with Crippen molar-refractivity contribution >= 4 is 22.9 Å². The number of ether oxygens (including phenoxy) is 1. The Morgan fingerprint density at radius 2 is 1.97 bits per heavy atom. The van der Waals surface area contributed by atoms with E-state index in [0.717, 1.165) is 31.6 Å². The summed E-state index contributed by atoms with van der Waals surface area (Å²) in [7, 11) is 0. The van der Waals surface area contributed by atoms with Gasteiger partial charge in [0.2, 0.25) is 0 Å². The van der Waals surface area contributed by atoms with Crippen molar-refractivity contribution in [3.8, 4) is 5.75 Å². The Kier molecular flexibility index (Phi) is 6.07. The smallest absolute Gasteiger partial charge is 0.417 e. The summed E-state index contributed by atoms with van der Waals surface area (Å²) in [6, 6.07) is 10.1. The molecule has 1 unspecified atom stereocenters. The number of alkyl halides is 3. The first-order valence-electron chi connectivity index (χ1n) is 11.0. The number of hydrogen-bond acceptors (Lipinski definition) is 4. The summed E-state index contributed by atoms with van der Waals surface area (Å²) in [6.45, 7) is 2.43. The van der Waals surface area contributed by atoms with Crippen molar-refractivity contribution in [3.05, 3.63) is 81.3 Å². The lowest BCUT2D eigenvalue weighted by Crippen LogP contribution is -2.49. The lowest BCUT2D eigenvalue weighted by molar-refractivity contribution is -0.137. The van der Waals surface area contributed by atoms with Gasteiger partial charge in [-0.05, 0) is 54.1 Å². The van der Waals surface area contributed by atoms with Gasteiger partial charge in [-0.2, -0.15) is 13.2 Å². The van der Waals surface area contributed by atoms with Crippen LogP contribution in [0.3, 0.4) is 0 Å². The maximum absolute atomic E-state index is 14.1. The average molecular weight is 491 g/mol. The van der Waals surface area contributed by atoms with Gasteiger partial charge in [-0.1, -0.05) is 12.1 Å². The van der Waals surface area contributed by atoms with Crippen LogP contribution in [0.4, 0.5) is 23.2 Å². The second-order valence-corrected chi connectivity index (χ2v) is 9.48. The lowest BCUT2D eigenvalue weighted by Gasteiger charge is -2.38. The molecule has 3 aromatic rings. The third-order valence-corrected chi connectivity index (χ3v) is 7.29. The van der Waals surface area contributed by atoms with E-state index in [0.29, 0.717) is 13.0 Å². The van der Waals surface area contributed by atoms with E-state index < -0.39 is 35.1 Å². The monoisotopic (exact) mass is 490 g/mol. The highest BCUT2D eigenvalue weighted by molar-refractivity contribution is 7.10. The Hall–Kier alpha value is -2.91. The Balaban J connectivity index is 1.44. The highest BCUT2D eigenvalue weighted by atomic mass is 32.1.